The lowest BCUT2D eigenvalue weighted by atomic mass is 10.0. The summed E-state index contributed by atoms with van der Waals surface area (Å²) < 4.78 is 0. The maximum absolute atomic E-state index is 11.5. The molecule has 2 nitrogen and oxygen atoms in total. The summed E-state index contributed by atoms with van der Waals surface area (Å²) in [6.07, 6.45) is 0.330. The molecule has 3 rings (SSSR count). The van der Waals surface area contributed by atoms with Crippen LogP contribution in [0.3, 0.4) is 0 Å². The largest absolute Gasteiger partial charge is 0.354 e. The minimum atomic E-state index is -0.121. The Bertz CT molecular complexity index is 774. The van der Waals surface area contributed by atoms with Gasteiger partial charge in [0.1, 0.15) is 0 Å². The second-order valence-electron chi connectivity index (χ2n) is 4.96. The number of hydrogen-bond donors (Lipinski definition) is 2. The minimum absolute atomic E-state index is 0.121. The molecule has 3 heteroatoms. The minimum Gasteiger partial charge on any atom is -0.354 e. The van der Waals surface area contributed by atoms with Gasteiger partial charge in [0.2, 0.25) is 0 Å². The Hall–Kier alpha value is -2.00. The first-order valence-corrected chi connectivity index (χ1v) is 6.98. The van der Waals surface area contributed by atoms with Gasteiger partial charge in [-0.25, -0.2) is 0 Å². The number of carbonyl (C=O) groups excluding carboxylic acids is 1. The Morgan fingerprint density at radius 3 is 2.60 bits per heavy atom. The lowest BCUT2D eigenvalue weighted by molar-refractivity contribution is -0.110. The highest BCUT2D eigenvalue weighted by molar-refractivity contribution is 7.96. The van der Waals surface area contributed by atoms with E-state index in [0.717, 1.165) is 27.7 Å². The van der Waals surface area contributed by atoms with E-state index in [1.807, 2.05) is 30.3 Å². The van der Waals surface area contributed by atoms with Crippen molar-refractivity contribution in [3.8, 4) is 11.3 Å². The molecule has 0 radical (unpaired) electrons. The molecule has 0 bridgehead atoms. The number of hydrogen-bond acceptors (Lipinski definition) is 1. The lowest BCUT2D eigenvalue weighted by Crippen LogP contribution is -1.95. The highest BCUT2D eigenvalue weighted by atomic mass is 32.1. The van der Waals surface area contributed by atoms with Crippen LogP contribution in [0.2, 0.25) is 0 Å². The zero-order valence-corrected chi connectivity index (χ0v) is 12.1. The predicted octanol–water partition coefficient (Wildman–Crippen LogP) is 4.14. The van der Waals surface area contributed by atoms with Crippen LogP contribution in [-0.2, 0) is 11.2 Å². The molecular formula is C17H15NOS. The van der Waals surface area contributed by atoms with Crippen molar-refractivity contribution in [1.82, 2.24) is 4.98 Å². The van der Waals surface area contributed by atoms with Gasteiger partial charge in [-0.05, 0) is 30.2 Å². The van der Waals surface area contributed by atoms with Crippen LogP contribution in [0.4, 0.5) is 0 Å². The Balaban J connectivity index is 2.28. The summed E-state index contributed by atoms with van der Waals surface area (Å²) in [6.45, 7) is 2.06. The average Bonchev–Trinajstić information content (AvgIpc) is 2.77. The molecular weight excluding hydrogens is 266 g/mol. The van der Waals surface area contributed by atoms with Gasteiger partial charge in [-0.3, -0.25) is 4.79 Å². The van der Waals surface area contributed by atoms with E-state index >= 15 is 0 Å². The molecule has 0 aliphatic heterocycles. The van der Waals surface area contributed by atoms with Crippen LogP contribution in [-0.4, -0.2) is 10.1 Å². The summed E-state index contributed by atoms with van der Waals surface area (Å²) in [7, 11) is 0. The van der Waals surface area contributed by atoms with Gasteiger partial charge in [0, 0.05) is 17.3 Å². The third-order valence-corrected chi connectivity index (χ3v) is 3.61. The number of rotatable bonds is 3. The second-order valence-corrected chi connectivity index (χ2v) is 5.46. The van der Waals surface area contributed by atoms with Crippen LogP contribution in [0.25, 0.3) is 22.2 Å². The number of thiol groups is 1. The number of aromatic amines is 1. The maximum atomic E-state index is 11.5. The summed E-state index contributed by atoms with van der Waals surface area (Å²) in [4.78, 5) is 14.9. The lowest BCUT2D eigenvalue weighted by Gasteiger charge is -2.03. The first kappa shape index (κ1) is 13.0. The van der Waals surface area contributed by atoms with Crippen molar-refractivity contribution in [1.29, 1.82) is 0 Å². The van der Waals surface area contributed by atoms with Crippen molar-refractivity contribution in [2.24, 2.45) is 0 Å². The number of aryl methyl sites for hydroxylation is 1. The molecule has 0 saturated heterocycles. The zero-order chi connectivity index (χ0) is 14.1. The van der Waals surface area contributed by atoms with Gasteiger partial charge in [-0.1, -0.05) is 42.0 Å². The molecule has 0 unspecified atom stereocenters. The SMILES string of the molecule is Cc1ccc2[nH]c(-c3ccccc3)c(CC(=O)S)c2c1. The molecule has 0 atom stereocenters. The van der Waals surface area contributed by atoms with Crippen LogP contribution in [0.5, 0.6) is 0 Å². The third kappa shape index (κ3) is 2.37. The number of H-pyrrole nitrogens is 1. The highest BCUT2D eigenvalue weighted by Crippen LogP contribution is 2.31. The van der Waals surface area contributed by atoms with Gasteiger partial charge in [0.25, 0.3) is 0 Å². The molecule has 0 spiro atoms. The Labute approximate surface area is 123 Å². The number of nitrogens with one attached hydrogen (secondary N) is 1. The van der Waals surface area contributed by atoms with Gasteiger partial charge >= 0.3 is 0 Å². The summed E-state index contributed by atoms with van der Waals surface area (Å²) in [5.41, 5.74) is 5.36. The van der Waals surface area contributed by atoms with Crippen LogP contribution in [0, 0.1) is 6.92 Å². The van der Waals surface area contributed by atoms with Crippen LogP contribution < -0.4 is 0 Å². The fourth-order valence-electron chi connectivity index (χ4n) is 2.55. The number of fused-ring (bicyclic) bond motifs is 1. The van der Waals surface area contributed by atoms with Gasteiger partial charge < -0.3 is 4.98 Å². The van der Waals surface area contributed by atoms with E-state index < -0.39 is 0 Å². The summed E-state index contributed by atoms with van der Waals surface area (Å²) >= 11 is 3.94. The summed E-state index contributed by atoms with van der Waals surface area (Å²) in [5.74, 6) is 0. The molecule has 2 aromatic carbocycles. The molecule has 0 saturated carbocycles. The van der Waals surface area contributed by atoms with E-state index in [-0.39, 0.29) is 5.12 Å². The van der Waals surface area contributed by atoms with Crippen molar-refractivity contribution >= 4 is 28.6 Å². The van der Waals surface area contributed by atoms with Crippen LogP contribution in [0.1, 0.15) is 11.1 Å². The quantitative estimate of drug-likeness (QED) is 0.695. The fraction of sp³-hybridized carbons (Fsp3) is 0.118. The smallest absolute Gasteiger partial charge is 0.190 e. The van der Waals surface area contributed by atoms with Gasteiger partial charge in [0.15, 0.2) is 5.12 Å². The zero-order valence-electron chi connectivity index (χ0n) is 11.2. The van der Waals surface area contributed by atoms with E-state index in [1.54, 1.807) is 0 Å². The molecule has 1 aromatic heterocycles. The molecule has 0 aliphatic carbocycles. The average molecular weight is 281 g/mol. The van der Waals surface area contributed by atoms with Crippen molar-refractivity contribution in [3.05, 3.63) is 59.7 Å². The standard InChI is InChI=1S/C17H15NOS/c1-11-7-8-15-13(9-11)14(10-16(19)20)17(18-15)12-5-3-2-4-6-12/h2-9,18H,10H2,1H3,(H,19,20). The molecule has 0 aliphatic rings. The van der Waals surface area contributed by atoms with Gasteiger partial charge in [-0.2, -0.15) is 0 Å². The number of aromatic nitrogens is 1. The molecule has 100 valence electrons. The topological polar surface area (TPSA) is 32.9 Å². The van der Waals surface area contributed by atoms with Crippen LogP contribution >= 0.6 is 12.6 Å². The van der Waals surface area contributed by atoms with E-state index in [2.05, 4.69) is 42.7 Å². The molecule has 1 heterocycles. The first-order valence-electron chi connectivity index (χ1n) is 6.53. The highest BCUT2D eigenvalue weighted by Gasteiger charge is 2.14. The monoisotopic (exact) mass is 281 g/mol. The molecule has 3 aromatic rings. The summed E-state index contributed by atoms with van der Waals surface area (Å²) in [5, 5.41) is 0.982. The van der Waals surface area contributed by atoms with Crippen molar-refractivity contribution < 1.29 is 4.79 Å². The van der Waals surface area contributed by atoms with Crippen LogP contribution in [0.15, 0.2) is 48.5 Å². The summed E-state index contributed by atoms with van der Waals surface area (Å²) in [6, 6.07) is 16.3. The normalized spacial score (nSPS) is 10.9. The van der Waals surface area contributed by atoms with Crippen molar-refractivity contribution in [3.63, 3.8) is 0 Å². The number of carbonyl (C=O) groups is 1. The third-order valence-electron chi connectivity index (χ3n) is 3.45. The Kier molecular flexibility index (Phi) is 3.36. The van der Waals surface area contributed by atoms with E-state index in [4.69, 9.17) is 0 Å². The maximum Gasteiger partial charge on any atom is 0.190 e. The Morgan fingerprint density at radius 1 is 1.15 bits per heavy atom. The Morgan fingerprint density at radius 2 is 1.90 bits per heavy atom. The van der Waals surface area contributed by atoms with Crippen molar-refractivity contribution in [2.75, 3.05) is 0 Å². The van der Waals surface area contributed by atoms with E-state index in [0.29, 0.717) is 6.42 Å². The van der Waals surface area contributed by atoms with E-state index in [1.165, 1.54) is 5.56 Å². The molecule has 1 N–H and O–H groups in total. The fourth-order valence-corrected chi connectivity index (χ4v) is 2.71. The molecule has 0 fully saturated rings. The molecule has 20 heavy (non-hydrogen) atoms. The van der Waals surface area contributed by atoms with Crippen molar-refractivity contribution in [2.45, 2.75) is 13.3 Å². The predicted molar refractivity (Wildman–Crippen MR) is 86.2 cm³/mol. The van der Waals surface area contributed by atoms with Gasteiger partial charge in [-0.15, -0.1) is 12.6 Å². The number of benzene rings is 2. The van der Waals surface area contributed by atoms with E-state index in [9.17, 15) is 4.79 Å². The molecule has 0 amide bonds. The first-order chi connectivity index (χ1) is 9.65. The van der Waals surface area contributed by atoms with Gasteiger partial charge in [0.05, 0.1) is 5.69 Å². The second kappa shape index (κ2) is 5.17.